The maximum absolute atomic E-state index is 12.4. The van der Waals surface area contributed by atoms with E-state index in [9.17, 15) is 4.79 Å². The van der Waals surface area contributed by atoms with Gasteiger partial charge in [0, 0.05) is 26.1 Å². The zero-order valence-corrected chi connectivity index (χ0v) is 12.3. The van der Waals surface area contributed by atoms with Crippen molar-refractivity contribution in [3.8, 4) is 0 Å². The molecule has 0 radical (unpaired) electrons. The first-order valence-corrected chi connectivity index (χ1v) is 6.98. The molecular weight excluding hydrogens is 256 g/mol. The fraction of sp³-hybridized carbons (Fsp3) is 0.643. The van der Waals surface area contributed by atoms with Crippen LogP contribution in [0.1, 0.15) is 48.9 Å². The minimum atomic E-state index is -0.178. The van der Waals surface area contributed by atoms with Gasteiger partial charge >= 0.3 is 0 Å². The molecule has 2 heterocycles. The molecule has 6 heteroatoms. The van der Waals surface area contributed by atoms with Crippen molar-refractivity contribution < 1.29 is 9.53 Å². The number of amides is 1. The van der Waals surface area contributed by atoms with Gasteiger partial charge in [-0.05, 0) is 12.8 Å². The number of carbonyl (C=O) groups excluding carboxylic acids is 1. The second-order valence-electron chi connectivity index (χ2n) is 5.51. The second-order valence-corrected chi connectivity index (χ2v) is 5.51. The van der Waals surface area contributed by atoms with Gasteiger partial charge in [0.15, 0.2) is 5.69 Å². The molecule has 0 saturated carbocycles. The van der Waals surface area contributed by atoms with Gasteiger partial charge in [-0.15, -0.1) is 0 Å². The third-order valence-corrected chi connectivity index (χ3v) is 3.40. The van der Waals surface area contributed by atoms with E-state index in [0.717, 1.165) is 19.4 Å². The van der Waals surface area contributed by atoms with E-state index < -0.39 is 0 Å². The molecular formula is C14H22N4O2. The number of aromatic nitrogens is 2. The Morgan fingerprint density at radius 2 is 2.35 bits per heavy atom. The molecule has 2 rings (SSSR count). The normalized spacial score (nSPS) is 18.5. The van der Waals surface area contributed by atoms with Crippen LogP contribution in [0.3, 0.4) is 0 Å². The van der Waals surface area contributed by atoms with E-state index in [4.69, 9.17) is 10.5 Å². The standard InChI is InChI=1S/C14H22N4O2/c1-9(2)13-16-7-11(15)12(17-13)14(19)18(3)8-10-5-4-6-20-10/h7,9-10H,4-6,8,15H2,1-3H3. The highest BCUT2D eigenvalue weighted by Crippen LogP contribution is 2.17. The zero-order chi connectivity index (χ0) is 14.7. The maximum atomic E-state index is 12.4. The fourth-order valence-electron chi connectivity index (χ4n) is 2.21. The lowest BCUT2D eigenvalue weighted by Gasteiger charge is -2.21. The molecule has 20 heavy (non-hydrogen) atoms. The Morgan fingerprint density at radius 3 is 2.95 bits per heavy atom. The van der Waals surface area contributed by atoms with Gasteiger partial charge in [0.1, 0.15) is 5.82 Å². The number of nitrogen functional groups attached to an aromatic ring is 1. The maximum Gasteiger partial charge on any atom is 0.274 e. The Kier molecular flexibility index (Phi) is 4.54. The Hall–Kier alpha value is -1.69. The predicted octanol–water partition coefficient (Wildman–Crippen LogP) is 1.43. The minimum Gasteiger partial charge on any atom is -0.396 e. The smallest absolute Gasteiger partial charge is 0.274 e. The van der Waals surface area contributed by atoms with Gasteiger partial charge < -0.3 is 15.4 Å². The third kappa shape index (κ3) is 3.25. The highest BCUT2D eigenvalue weighted by atomic mass is 16.5. The van der Waals surface area contributed by atoms with Crippen LogP contribution < -0.4 is 5.73 Å². The highest BCUT2D eigenvalue weighted by Gasteiger charge is 2.23. The molecule has 0 bridgehead atoms. The number of carbonyl (C=O) groups is 1. The quantitative estimate of drug-likeness (QED) is 0.901. The summed E-state index contributed by atoms with van der Waals surface area (Å²) >= 11 is 0. The van der Waals surface area contributed by atoms with Crippen LogP contribution in [0.5, 0.6) is 0 Å². The molecule has 1 amide bonds. The SMILES string of the molecule is CC(C)c1ncc(N)c(C(=O)N(C)CC2CCCO2)n1. The Morgan fingerprint density at radius 1 is 1.60 bits per heavy atom. The van der Waals surface area contributed by atoms with E-state index in [-0.39, 0.29) is 23.6 Å². The first kappa shape index (κ1) is 14.7. The summed E-state index contributed by atoms with van der Waals surface area (Å²) in [5.74, 6) is 0.612. The average Bonchev–Trinajstić information content (AvgIpc) is 2.91. The van der Waals surface area contributed by atoms with Crippen molar-refractivity contribution in [1.82, 2.24) is 14.9 Å². The molecule has 1 fully saturated rings. The molecule has 1 aliphatic heterocycles. The fourth-order valence-corrected chi connectivity index (χ4v) is 2.21. The van der Waals surface area contributed by atoms with Crippen molar-refractivity contribution >= 4 is 11.6 Å². The summed E-state index contributed by atoms with van der Waals surface area (Å²) in [5, 5.41) is 0. The Balaban J connectivity index is 2.12. The molecule has 0 aliphatic carbocycles. The second kappa shape index (κ2) is 6.17. The number of nitrogens with two attached hydrogens (primary N) is 1. The molecule has 2 N–H and O–H groups in total. The van der Waals surface area contributed by atoms with Crippen LogP contribution in [0.15, 0.2) is 6.20 Å². The van der Waals surface area contributed by atoms with Crippen LogP contribution in [-0.2, 0) is 4.74 Å². The number of likely N-dealkylation sites (N-methyl/N-ethyl adjacent to an activating group) is 1. The van der Waals surface area contributed by atoms with Gasteiger partial charge in [0.25, 0.3) is 5.91 Å². The van der Waals surface area contributed by atoms with E-state index in [1.165, 1.54) is 6.20 Å². The van der Waals surface area contributed by atoms with Crippen molar-refractivity contribution in [1.29, 1.82) is 0 Å². The van der Waals surface area contributed by atoms with Crippen molar-refractivity contribution in [3.05, 3.63) is 17.7 Å². The summed E-state index contributed by atoms with van der Waals surface area (Å²) < 4.78 is 5.54. The van der Waals surface area contributed by atoms with E-state index in [1.807, 2.05) is 13.8 Å². The van der Waals surface area contributed by atoms with Gasteiger partial charge in [0.2, 0.25) is 0 Å². The summed E-state index contributed by atoms with van der Waals surface area (Å²) in [6.07, 6.45) is 3.68. The lowest BCUT2D eigenvalue weighted by molar-refractivity contribution is 0.0583. The van der Waals surface area contributed by atoms with Crippen LogP contribution in [0.25, 0.3) is 0 Å². The van der Waals surface area contributed by atoms with Crippen LogP contribution in [0.2, 0.25) is 0 Å². The summed E-state index contributed by atoms with van der Waals surface area (Å²) in [5.41, 5.74) is 6.43. The Bertz CT molecular complexity index is 484. The molecule has 1 saturated heterocycles. The zero-order valence-electron chi connectivity index (χ0n) is 12.3. The first-order chi connectivity index (χ1) is 9.49. The van der Waals surface area contributed by atoms with Crippen molar-refractivity contribution in [2.45, 2.75) is 38.7 Å². The molecule has 0 aromatic carbocycles. The summed E-state index contributed by atoms with van der Waals surface area (Å²) in [7, 11) is 1.75. The van der Waals surface area contributed by atoms with Crippen molar-refractivity contribution in [2.24, 2.45) is 0 Å². The third-order valence-electron chi connectivity index (χ3n) is 3.40. The van der Waals surface area contributed by atoms with Crippen LogP contribution in [-0.4, -0.2) is 47.1 Å². The molecule has 110 valence electrons. The lowest BCUT2D eigenvalue weighted by atomic mass is 10.2. The highest BCUT2D eigenvalue weighted by molar-refractivity contribution is 5.96. The number of nitrogens with zero attached hydrogens (tertiary/aromatic N) is 3. The molecule has 1 unspecified atom stereocenters. The van der Waals surface area contributed by atoms with Crippen LogP contribution >= 0.6 is 0 Å². The molecule has 1 aliphatic rings. The van der Waals surface area contributed by atoms with E-state index in [0.29, 0.717) is 18.1 Å². The van der Waals surface area contributed by atoms with Gasteiger partial charge in [-0.2, -0.15) is 0 Å². The number of ether oxygens (including phenoxy) is 1. The lowest BCUT2D eigenvalue weighted by Crippen LogP contribution is -2.35. The number of rotatable bonds is 4. The summed E-state index contributed by atoms with van der Waals surface area (Å²) in [4.78, 5) is 22.5. The molecule has 0 spiro atoms. The van der Waals surface area contributed by atoms with Gasteiger partial charge in [-0.25, -0.2) is 9.97 Å². The van der Waals surface area contributed by atoms with Crippen LogP contribution in [0.4, 0.5) is 5.69 Å². The predicted molar refractivity (Wildman–Crippen MR) is 76.5 cm³/mol. The largest absolute Gasteiger partial charge is 0.396 e. The van der Waals surface area contributed by atoms with Crippen LogP contribution in [0, 0.1) is 0 Å². The monoisotopic (exact) mass is 278 g/mol. The van der Waals surface area contributed by atoms with E-state index in [2.05, 4.69) is 9.97 Å². The van der Waals surface area contributed by atoms with Gasteiger partial charge in [0.05, 0.1) is 18.0 Å². The topological polar surface area (TPSA) is 81.3 Å². The van der Waals surface area contributed by atoms with Gasteiger partial charge in [-0.1, -0.05) is 13.8 Å². The van der Waals surface area contributed by atoms with Gasteiger partial charge in [-0.3, -0.25) is 4.79 Å². The minimum absolute atomic E-state index is 0.122. The summed E-state index contributed by atoms with van der Waals surface area (Å²) in [6.45, 7) is 5.31. The molecule has 1 atom stereocenters. The number of hydrogen-bond donors (Lipinski definition) is 1. The average molecular weight is 278 g/mol. The molecule has 6 nitrogen and oxygen atoms in total. The summed E-state index contributed by atoms with van der Waals surface area (Å²) in [6, 6.07) is 0. The van der Waals surface area contributed by atoms with E-state index >= 15 is 0 Å². The first-order valence-electron chi connectivity index (χ1n) is 6.98. The molecule has 1 aromatic heterocycles. The molecule has 1 aromatic rings. The van der Waals surface area contributed by atoms with E-state index in [1.54, 1.807) is 11.9 Å². The number of hydrogen-bond acceptors (Lipinski definition) is 5. The van der Waals surface area contributed by atoms with Crippen molar-refractivity contribution in [2.75, 3.05) is 25.9 Å². The Labute approximate surface area is 119 Å². The van der Waals surface area contributed by atoms with Crippen molar-refractivity contribution in [3.63, 3.8) is 0 Å². The number of anilines is 1.